The van der Waals surface area contributed by atoms with Gasteiger partial charge in [-0.3, -0.25) is 4.79 Å². The van der Waals surface area contributed by atoms with E-state index in [0.29, 0.717) is 5.02 Å². The van der Waals surface area contributed by atoms with Gasteiger partial charge >= 0.3 is 0 Å². The van der Waals surface area contributed by atoms with Crippen LogP contribution >= 0.6 is 23.2 Å². The maximum atomic E-state index is 10.7. The molecule has 1 amide bonds. The maximum absolute atomic E-state index is 10.7. The van der Waals surface area contributed by atoms with Gasteiger partial charge in [0.2, 0.25) is 5.91 Å². The van der Waals surface area contributed by atoms with E-state index in [2.05, 4.69) is 0 Å². The molecule has 0 aliphatic heterocycles. The quantitative estimate of drug-likeness (QED) is 0.684. The van der Waals surface area contributed by atoms with Crippen molar-refractivity contribution in [3.8, 4) is 0 Å². The van der Waals surface area contributed by atoms with Crippen molar-refractivity contribution in [1.29, 1.82) is 0 Å². The molecular formula is C7H6Cl2N2O. The summed E-state index contributed by atoms with van der Waals surface area (Å²) < 4.78 is 0. The molecule has 5 heteroatoms. The number of nitrogen functional groups attached to an aromatic ring is 1. The Morgan fingerprint density at radius 2 is 1.92 bits per heavy atom. The average Bonchev–Trinajstić information content (AvgIpc) is 1.96. The molecule has 12 heavy (non-hydrogen) atoms. The van der Waals surface area contributed by atoms with Crippen molar-refractivity contribution in [1.82, 2.24) is 0 Å². The second kappa shape index (κ2) is 3.21. The van der Waals surface area contributed by atoms with Crippen LogP contribution in [0.5, 0.6) is 0 Å². The van der Waals surface area contributed by atoms with Crippen molar-refractivity contribution in [3.63, 3.8) is 0 Å². The fraction of sp³-hybridized carbons (Fsp3) is 0. The smallest absolute Gasteiger partial charge is 0.250 e. The first-order chi connectivity index (χ1) is 5.52. The highest BCUT2D eigenvalue weighted by Gasteiger charge is 2.10. The predicted molar refractivity (Wildman–Crippen MR) is 49.4 cm³/mol. The summed E-state index contributed by atoms with van der Waals surface area (Å²) in [5.74, 6) is -0.644. The Morgan fingerprint density at radius 3 is 2.42 bits per heavy atom. The number of primary amides is 1. The molecule has 1 rings (SSSR count). The van der Waals surface area contributed by atoms with Crippen LogP contribution in [0.15, 0.2) is 12.1 Å². The van der Waals surface area contributed by atoms with Gasteiger partial charge in [0.25, 0.3) is 0 Å². The Kier molecular flexibility index (Phi) is 2.45. The molecule has 3 nitrogen and oxygen atoms in total. The van der Waals surface area contributed by atoms with Gasteiger partial charge in [0, 0.05) is 5.02 Å². The Bertz CT molecular complexity index is 338. The number of carbonyl (C=O) groups excluding carboxylic acids is 1. The van der Waals surface area contributed by atoms with Crippen LogP contribution in [0.25, 0.3) is 0 Å². The first kappa shape index (κ1) is 9.16. The lowest BCUT2D eigenvalue weighted by Gasteiger charge is -2.03. The minimum atomic E-state index is -0.644. The Labute approximate surface area is 79.2 Å². The SMILES string of the molecule is NC(=O)c1cc(Cl)cc(N)c1Cl. The zero-order valence-electron chi connectivity index (χ0n) is 5.97. The monoisotopic (exact) mass is 204 g/mol. The molecule has 1 aromatic rings. The molecule has 0 radical (unpaired) electrons. The number of anilines is 1. The number of nitrogens with two attached hydrogens (primary N) is 2. The predicted octanol–water partition coefficient (Wildman–Crippen LogP) is 1.67. The maximum Gasteiger partial charge on any atom is 0.250 e. The third kappa shape index (κ3) is 1.62. The summed E-state index contributed by atoms with van der Waals surface area (Å²) in [5, 5.41) is 0.484. The molecule has 0 aliphatic carbocycles. The third-order valence-corrected chi connectivity index (χ3v) is 1.97. The van der Waals surface area contributed by atoms with Crippen molar-refractivity contribution in [2.45, 2.75) is 0 Å². The van der Waals surface area contributed by atoms with E-state index in [4.69, 9.17) is 34.7 Å². The molecule has 0 fully saturated rings. The zero-order valence-corrected chi connectivity index (χ0v) is 7.49. The van der Waals surface area contributed by atoms with Crippen LogP contribution in [0.1, 0.15) is 10.4 Å². The number of benzene rings is 1. The molecule has 4 N–H and O–H groups in total. The Hall–Kier alpha value is -0.930. The number of carbonyl (C=O) groups is 1. The summed E-state index contributed by atoms with van der Waals surface area (Å²) in [6, 6.07) is 2.83. The van der Waals surface area contributed by atoms with Crippen LogP contribution in [0, 0.1) is 0 Å². The molecule has 0 aliphatic rings. The minimum Gasteiger partial charge on any atom is -0.397 e. The summed E-state index contributed by atoms with van der Waals surface area (Å²) >= 11 is 11.3. The standard InChI is InChI=1S/C7H6Cl2N2O/c8-3-1-4(7(11)12)6(9)5(10)2-3/h1-2H,10H2,(H2,11,12). The normalized spacial score (nSPS) is 9.83. The van der Waals surface area contributed by atoms with E-state index < -0.39 is 5.91 Å². The molecule has 0 heterocycles. The lowest BCUT2D eigenvalue weighted by atomic mass is 10.2. The number of rotatable bonds is 1. The summed E-state index contributed by atoms with van der Waals surface area (Å²) in [5.41, 5.74) is 10.8. The largest absolute Gasteiger partial charge is 0.397 e. The fourth-order valence-electron chi connectivity index (χ4n) is 0.790. The second-order valence-corrected chi connectivity index (χ2v) is 3.04. The summed E-state index contributed by atoms with van der Waals surface area (Å²) in [7, 11) is 0. The average molecular weight is 205 g/mol. The van der Waals surface area contributed by atoms with Crippen LogP contribution in [0.3, 0.4) is 0 Å². The van der Waals surface area contributed by atoms with Crippen molar-refractivity contribution in [3.05, 3.63) is 27.7 Å². The first-order valence-electron chi connectivity index (χ1n) is 3.06. The first-order valence-corrected chi connectivity index (χ1v) is 3.82. The lowest BCUT2D eigenvalue weighted by Crippen LogP contribution is -2.12. The summed E-state index contributed by atoms with van der Waals surface area (Å²) in [6.45, 7) is 0. The number of hydrogen-bond acceptors (Lipinski definition) is 2. The van der Waals surface area contributed by atoms with E-state index in [9.17, 15) is 4.79 Å². The number of halogens is 2. The van der Waals surface area contributed by atoms with Crippen LogP contribution < -0.4 is 11.5 Å². The van der Waals surface area contributed by atoms with E-state index in [1.807, 2.05) is 0 Å². The Morgan fingerprint density at radius 1 is 1.33 bits per heavy atom. The van der Waals surface area contributed by atoms with Gasteiger partial charge in [-0.05, 0) is 12.1 Å². The van der Waals surface area contributed by atoms with E-state index >= 15 is 0 Å². The van der Waals surface area contributed by atoms with Crippen LogP contribution in [-0.4, -0.2) is 5.91 Å². The fourth-order valence-corrected chi connectivity index (χ4v) is 1.22. The molecule has 64 valence electrons. The van der Waals surface area contributed by atoms with Crippen molar-refractivity contribution in [2.75, 3.05) is 5.73 Å². The molecule has 0 saturated carbocycles. The minimum absolute atomic E-state index is 0.140. The van der Waals surface area contributed by atoms with E-state index in [1.165, 1.54) is 12.1 Å². The highest BCUT2D eigenvalue weighted by Crippen LogP contribution is 2.27. The highest BCUT2D eigenvalue weighted by molar-refractivity contribution is 6.38. The Balaban J connectivity index is 3.37. The molecule has 0 bridgehead atoms. The van der Waals surface area contributed by atoms with Crippen molar-refractivity contribution < 1.29 is 4.79 Å². The summed E-state index contributed by atoms with van der Waals surface area (Å²) in [4.78, 5) is 10.7. The van der Waals surface area contributed by atoms with E-state index in [1.54, 1.807) is 0 Å². The molecule has 0 unspecified atom stereocenters. The third-order valence-electron chi connectivity index (χ3n) is 1.33. The lowest BCUT2D eigenvalue weighted by molar-refractivity contribution is 0.100. The van der Waals surface area contributed by atoms with Crippen LogP contribution in [-0.2, 0) is 0 Å². The zero-order chi connectivity index (χ0) is 9.30. The number of amides is 1. The summed E-state index contributed by atoms with van der Waals surface area (Å²) in [6.07, 6.45) is 0. The van der Waals surface area contributed by atoms with Gasteiger partial charge < -0.3 is 11.5 Å². The van der Waals surface area contributed by atoms with Gasteiger partial charge in [0.1, 0.15) is 0 Å². The van der Waals surface area contributed by atoms with Gasteiger partial charge in [-0.1, -0.05) is 23.2 Å². The second-order valence-electron chi connectivity index (χ2n) is 2.22. The van der Waals surface area contributed by atoms with Crippen molar-refractivity contribution >= 4 is 34.8 Å². The van der Waals surface area contributed by atoms with Gasteiger partial charge in [-0.15, -0.1) is 0 Å². The van der Waals surface area contributed by atoms with E-state index in [-0.39, 0.29) is 16.3 Å². The molecule has 0 spiro atoms. The van der Waals surface area contributed by atoms with Gasteiger partial charge in [0.05, 0.1) is 16.3 Å². The molecule has 0 aromatic heterocycles. The van der Waals surface area contributed by atoms with Gasteiger partial charge in [-0.2, -0.15) is 0 Å². The van der Waals surface area contributed by atoms with Crippen LogP contribution in [0.2, 0.25) is 10.0 Å². The van der Waals surface area contributed by atoms with Gasteiger partial charge in [-0.25, -0.2) is 0 Å². The van der Waals surface area contributed by atoms with Crippen LogP contribution in [0.4, 0.5) is 5.69 Å². The highest BCUT2D eigenvalue weighted by atomic mass is 35.5. The van der Waals surface area contributed by atoms with E-state index in [0.717, 1.165) is 0 Å². The molecule has 1 aromatic carbocycles. The van der Waals surface area contributed by atoms with Crippen molar-refractivity contribution in [2.24, 2.45) is 5.73 Å². The molecular weight excluding hydrogens is 199 g/mol. The van der Waals surface area contributed by atoms with Gasteiger partial charge in [0.15, 0.2) is 0 Å². The number of hydrogen-bond donors (Lipinski definition) is 2. The molecule has 0 atom stereocenters. The topological polar surface area (TPSA) is 69.1 Å². The molecule has 0 saturated heterocycles.